The van der Waals surface area contributed by atoms with Crippen molar-refractivity contribution in [2.24, 2.45) is 4.99 Å². The lowest BCUT2D eigenvalue weighted by molar-refractivity contribution is -0.135. The molecule has 7 nitrogen and oxygen atoms in total. The van der Waals surface area contributed by atoms with Crippen molar-refractivity contribution >= 4 is 34.6 Å². The number of hydrogen-bond donors (Lipinski definition) is 0. The van der Waals surface area contributed by atoms with E-state index < -0.39 is 12.1 Å². The van der Waals surface area contributed by atoms with Gasteiger partial charge >= 0.3 is 5.97 Å². The predicted molar refractivity (Wildman–Crippen MR) is 131 cm³/mol. The highest BCUT2D eigenvalue weighted by molar-refractivity contribution is 6.13. The van der Waals surface area contributed by atoms with Crippen LogP contribution in [0.5, 0.6) is 11.5 Å². The molecule has 1 aliphatic heterocycles. The normalized spacial score (nSPS) is 15.1. The monoisotopic (exact) mass is 458 g/mol. The molecule has 0 saturated carbocycles. The van der Waals surface area contributed by atoms with Gasteiger partial charge in [0.2, 0.25) is 5.90 Å². The van der Waals surface area contributed by atoms with Crippen LogP contribution in [0.25, 0.3) is 16.8 Å². The topological polar surface area (TPSA) is 77.4 Å². The van der Waals surface area contributed by atoms with Gasteiger partial charge in [-0.3, -0.25) is 4.79 Å². The molecule has 0 aromatic heterocycles. The lowest BCUT2D eigenvalue weighted by Gasteiger charge is -2.20. The van der Waals surface area contributed by atoms with Gasteiger partial charge in [-0.25, -0.2) is 9.79 Å². The maximum Gasteiger partial charge on any atom is 0.363 e. The summed E-state index contributed by atoms with van der Waals surface area (Å²) in [6.45, 7) is 3.96. The molecule has 174 valence electrons. The molecule has 0 fully saturated rings. The van der Waals surface area contributed by atoms with Crippen LogP contribution in [0.3, 0.4) is 0 Å². The smallest absolute Gasteiger partial charge is 0.363 e. The Bertz CT molecular complexity index is 1310. The third-order valence-electron chi connectivity index (χ3n) is 5.28. The lowest BCUT2D eigenvalue weighted by atomic mass is 10.1. The highest BCUT2D eigenvalue weighted by Gasteiger charge is 2.25. The van der Waals surface area contributed by atoms with E-state index in [1.54, 1.807) is 45.3 Å². The Kier molecular flexibility index (Phi) is 6.63. The van der Waals surface area contributed by atoms with Crippen molar-refractivity contribution < 1.29 is 23.8 Å². The van der Waals surface area contributed by atoms with Crippen molar-refractivity contribution in [2.75, 3.05) is 20.7 Å². The zero-order chi connectivity index (χ0) is 24.2. The number of likely N-dealkylation sites (N-methyl/N-ethyl adjacent to an activating group) is 1. The second-order valence-electron chi connectivity index (χ2n) is 8.03. The Morgan fingerprint density at radius 2 is 1.82 bits per heavy atom. The predicted octanol–water partition coefficient (Wildman–Crippen LogP) is 4.44. The number of ether oxygens (including phenoxy) is 3. The van der Waals surface area contributed by atoms with Gasteiger partial charge in [0.15, 0.2) is 23.3 Å². The molecule has 1 amide bonds. The van der Waals surface area contributed by atoms with E-state index in [1.807, 2.05) is 49.4 Å². The van der Waals surface area contributed by atoms with Crippen LogP contribution >= 0.6 is 0 Å². The molecule has 0 spiro atoms. The van der Waals surface area contributed by atoms with Crippen LogP contribution in [0, 0.1) is 0 Å². The Morgan fingerprint density at radius 3 is 2.56 bits per heavy atom. The number of nitrogens with zero attached hydrogens (tertiary/aromatic N) is 2. The van der Waals surface area contributed by atoms with Crippen LogP contribution < -0.4 is 9.47 Å². The number of rotatable bonds is 7. The van der Waals surface area contributed by atoms with E-state index in [1.165, 1.54) is 4.90 Å². The molecule has 0 radical (unpaired) electrons. The third kappa shape index (κ3) is 4.93. The van der Waals surface area contributed by atoms with Crippen molar-refractivity contribution in [2.45, 2.75) is 20.0 Å². The number of fused-ring (bicyclic) bond motifs is 1. The highest BCUT2D eigenvalue weighted by Crippen LogP contribution is 2.31. The minimum absolute atomic E-state index is 0.155. The fourth-order valence-electron chi connectivity index (χ4n) is 3.60. The molecule has 0 N–H and O–H groups in total. The number of amides is 1. The van der Waals surface area contributed by atoms with E-state index in [0.717, 1.165) is 16.3 Å². The SMILES string of the molecule is CCOc1cc(C=C2N=C(c3ccc4ccccc4c3)OC2=O)ccc1OC(C)C(=O)N(C)C. The Morgan fingerprint density at radius 1 is 1.06 bits per heavy atom. The van der Waals surface area contributed by atoms with Crippen molar-refractivity contribution in [3.05, 3.63) is 77.5 Å². The molecule has 1 aliphatic rings. The van der Waals surface area contributed by atoms with Gasteiger partial charge in [-0.1, -0.05) is 36.4 Å². The number of hydrogen-bond acceptors (Lipinski definition) is 6. The molecular formula is C27H26N2O5. The zero-order valence-electron chi connectivity index (χ0n) is 19.6. The summed E-state index contributed by atoms with van der Waals surface area (Å²) < 4.78 is 17.0. The number of aliphatic imine (C=N–C) groups is 1. The molecule has 7 heteroatoms. The summed E-state index contributed by atoms with van der Waals surface area (Å²) >= 11 is 0. The fourth-order valence-corrected chi connectivity index (χ4v) is 3.60. The van der Waals surface area contributed by atoms with Crippen LogP contribution in [0.2, 0.25) is 0 Å². The lowest BCUT2D eigenvalue weighted by Crippen LogP contribution is -2.35. The van der Waals surface area contributed by atoms with Crippen molar-refractivity contribution in [1.82, 2.24) is 4.90 Å². The van der Waals surface area contributed by atoms with E-state index in [-0.39, 0.29) is 17.5 Å². The molecule has 3 aromatic rings. The molecule has 4 rings (SSSR count). The maximum absolute atomic E-state index is 12.5. The van der Waals surface area contributed by atoms with Crippen molar-refractivity contribution in [3.8, 4) is 11.5 Å². The first kappa shape index (κ1) is 23.0. The second-order valence-corrected chi connectivity index (χ2v) is 8.03. The van der Waals surface area contributed by atoms with Gasteiger partial charge in [0.05, 0.1) is 6.61 Å². The van der Waals surface area contributed by atoms with Crippen molar-refractivity contribution in [3.63, 3.8) is 0 Å². The molecule has 0 bridgehead atoms. The molecule has 1 unspecified atom stereocenters. The molecule has 1 heterocycles. The number of cyclic esters (lactones) is 1. The number of carbonyl (C=O) groups excluding carboxylic acids is 2. The summed E-state index contributed by atoms with van der Waals surface area (Å²) in [5.41, 5.74) is 1.61. The third-order valence-corrected chi connectivity index (χ3v) is 5.28. The minimum atomic E-state index is -0.669. The molecule has 34 heavy (non-hydrogen) atoms. The Hall–Kier alpha value is -4.13. The largest absolute Gasteiger partial charge is 0.490 e. The number of carbonyl (C=O) groups is 2. The van der Waals surface area contributed by atoms with Gasteiger partial charge < -0.3 is 19.1 Å². The summed E-state index contributed by atoms with van der Waals surface area (Å²) in [6.07, 6.45) is 0.967. The standard InChI is InChI=1S/C27H26N2O5/c1-5-32-24-15-18(10-13-23(24)33-17(2)26(30)29(3)4)14-22-27(31)34-25(28-22)21-12-11-19-8-6-7-9-20(19)16-21/h6-17H,5H2,1-4H3. The molecule has 0 saturated heterocycles. The van der Waals surface area contributed by atoms with Crippen LogP contribution in [0.15, 0.2) is 71.4 Å². The summed E-state index contributed by atoms with van der Waals surface area (Å²) in [6, 6.07) is 19.0. The average Bonchev–Trinajstić information content (AvgIpc) is 3.19. The Balaban J connectivity index is 1.60. The van der Waals surface area contributed by atoms with E-state index in [2.05, 4.69) is 4.99 Å². The van der Waals surface area contributed by atoms with Crippen LogP contribution in [-0.4, -0.2) is 49.5 Å². The zero-order valence-corrected chi connectivity index (χ0v) is 19.6. The number of benzene rings is 3. The molecule has 1 atom stereocenters. The fraction of sp³-hybridized carbons (Fsp3) is 0.222. The van der Waals surface area contributed by atoms with Crippen LogP contribution in [0.1, 0.15) is 25.0 Å². The van der Waals surface area contributed by atoms with E-state index >= 15 is 0 Å². The van der Waals surface area contributed by atoms with Gasteiger partial charge in [-0.15, -0.1) is 0 Å². The second kappa shape index (κ2) is 9.79. The van der Waals surface area contributed by atoms with Crippen molar-refractivity contribution in [1.29, 1.82) is 0 Å². The van der Waals surface area contributed by atoms with Gasteiger partial charge in [-0.2, -0.15) is 0 Å². The molecular weight excluding hydrogens is 432 g/mol. The first-order valence-corrected chi connectivity index (χ1v) is 11.0. The van der Waals surface area contributed by atoms with Crippen LogP contribution in [-0.2, 0) is 14.3 Å². The van der Waals surface area contributed by atoms with Gasteiger partial charge in [-0.05, 0) is 60.5 Å². The first-order chi connectivity index (χ1) is 16.4. The number of esters is 1. The minimum Gasteiger partial charge on any atom is -0.490 e. The van der Waals surface area contributed by atoms with E-state index in [9.17, 15) is 9.59 Å². The molecule has 3 aromatic carbocycles. The summed E-state index contributed by atoms with van der Waals surface area (Å²) in [5, 5.41) is 2.13. The quantitative estimate of drug-likeness (QED) is 0.386. The summed E-state index contributed by atoms with van der Waals surface area (Å²) in [7, 11) is 3.35. The maximum atomic E-state index is 12.5. The molecule has 0 aliphatic carbocycles. The summed E-state index contributed by atoms with van der Waals surface area (Å²) in [4.78, 5) is 30.5. The average molecular weight is 459 g/mol. The van der Waals surface area contributed by atoms with Gasteiger partial charge in [0, 0.05) is 19.7 Å². The first-order valence-electron chi connectivity index (χ1n) is 11.0. The highest BCUT2D eigenvalue weighted by atomic mass is 16.6. The Labute approximate surface area is 198 Å². The van der Waals surface area contributed by atoms with E-state index in [0.29, 0.717) is 23.7 Å². The summed E-state index contributed by atoms with van der Waals surface area (Å²) in [5.74, 6) is 0.508. The van der Waals surface area contributed by atoms with Gasteiger partial charge in [0.25, 0.3) is 5.91 Å². The van der Waals surface area contributed by atoms with E-state index in [4.69, 9.17) is 14.2 Å². The van der Waals surface area contributed by atoms with Crippen LogP contribution in [0.4, 0.5) is 0 Å². The van der Waals surface area contributed by atoms with Gasteiger partial charge in [0.1, 0.15) is 0 Å².